The summed E-state index contributed by atoms with van der Waals surface area (Å²) in [6.07, 6.45) is 1.11. The first-order valence-electron chi connectivity index (χ1n) is 10.7. The van der Waals surface area contributed by atoms with Crippen LogP contribution in [-0.2, 0) is 15.1 Å². The molecule has 0 bridgehead atoms. The second-order valence-electron chi connectivity index (χ2n) is 7.77. The van der Waals surface area contributed by atoms with Gasteiger partial charge in [-0.05, 0) is 42.7 Å². The van der Waals surface area contributed by atoms with Crippen LogP contribution in [0, 0.1) is 0 Å². The molecule has 170 valence electrons. The van der Waals surface area contributed by atoms with Crippen molar-refractivity contribution in [1.29, 1.82) is 0 Å². The molecule has 0 aromatic heterocycles. The van der Waals surface area contributed by atoms with Crippen LogP contribution in [0.5, 0.6) is 5.75 Å². The normalized spacial score (nSPS) is 17.8. The second kappa shape index (κ2) is 10.2. The van der Waals surface area contributed by atoms with Gasteiger partial charge in [-0.15, -0.1) is 0 Å². The highest BCUT2D eigenvalue weighted by Gasteiger charge is 2.51. The monoisotopic (exact) mass is 438 g/mol. The van der Waals surface area contributed by atoms with Crippen LogP contribution in [0.3, 0.4) is 0 Å². The first kappa shape index (κ1) is 23.1. The molecule has 1 fully saturated rings. The van der Waals surface area contributed by atoms with Gasteiger partial charge in [-0.1, -0.05) is 37.3 Å². The topological polar surface area (TPSA) is 91.0 Å². The van der Waals surface area contributed by atoms with Crippen molar-refractivity contribution in [2.24, 2.45) is 0 Å². The van der Waals surface area contributed by atoms with Crippen LogP contribution in [0.2, 0.25) is 0 Å². The number of amides is 4. The molecule has 0 spiro atoms. The minimum absolute atomic E-state index is 0.308. The Kier molecular flexibility index (Phi) is 7.35. The Morgan fingerprint density at radius 1 is 1.12 bits per heavy atom. The lowest BCUT2D eigenvalue weighted by atomic mass is 9.87. The van der Waals surface area contributed by atoms with Gasteiger partial charge in [0.05, 0.1) is 7.11 Å². The van der Waals surface area contributed by atoms with E-state index in [0.717, 1.165) is 23.6 Å². The molecule has 1 aliphatic heterocycles. The molecule has 1 saturated heterocycles. The van der Waals surface area contributed by atoms with E-state index in [1.807, 2.05) is 44.3 Å². The number of rotatable bonds is 10. The molecule has 3 rings (SSSR count). The van der Waals surface area contributed by atoms with E-state index in [4.69, 9.17) is 4.74 Å². The van der Waals surface area contributed by atoms with E-state index in [9.17, 15) is 14.4 Å². The number of benzene rings is 2. The van der Waals surface area contributed by atoms with Gasteiger partial charge in [0.25, 0.3) is 5.91 Å². The van der Waals surface area contributed by atoms with Gasteiger partial charge in [0.15, 0.2) is 0 Å². The summed E-state index contributed by atoms with van der Waals surface area (Å²) in [6.45, 7) is 2.74. The predicted molar refractivity (Wildman–Crippen MR) is 123 cm³/mol. The minimum atomic E-state index is -1.18. The van der Waals surface area contributed by atoms with Crippen molar-refractivity contribution in [3.63, 3.8) is 0 Å². The molecular weight excluding hydrogens is 408 g/mol. The van der Waals surface area contributed by atoms with E-state index >= 15 is 0 Å². The zero-order chi connectivity index (χ0) is 23.1. The van der Waals surface area contributed by atoms with Gasteiger partial charge in [0.2, 0.25) is 5.91 Å². The molecule has 8 nitrogen and oxygen atoms in total. The maximum absolute atomic E-state index is 13.2. The molecule has 0 radical (unpaired) electrons. The molecule has 1 unspecified atom stereocenters. The maximum Gasteiger partial charge on any atom is 0.325 e. The van der Waals surface area contributed by atoms with Gasteiger partial charge >= 0.3 is 6.03 Å². The lowest BCUT2D eigenvalue weighted by Crippen LogP contribution is -2.45. The fraction of sp³-hybridized carbons (Fsp3) is 0.375. The van der Waals surface area contributed by atoms with Crippen molar-refractivity contribution in [2.75, 3.05) is 38.7 Å². The number of anilines is 1. The Bertz CT molecular complexity index is 948. The van der Waals surface area contributed by atoms with E-state index in [0.29, 0.717) is 24.3 Å². The van der Waals surface area contributed by atoms with Crippen LogP contribution < -0.4 is 20.3 Å². The third-order valence-corrected chi connectivity index (χ3v) is 5.78. The maximum atomic E-state index is 13.2. The first-order chi connectivity index (χ1) is 15.4. The summed E-state index contributed by atoms with van der Waals surface area (Å²) in [5, 5.41) is 5.59. The molecule has 32 heavy (non-hydrogen) atoms. The molecule has 2 aromatic rings. The highest BCUT2D eigenvalue weighted by Crippen LogP contribution is 2.33. The molecular formula is C24H30N4O4. The number of carbonyl (C=O) groups excluding carboxylic acids is 3. The van der Waals surface area contributed by atoms with Gasteiger partial charge in [-0.25, -0.2) is 4.79 Å². The van der Waals surface area contributed by atoms with E-state index in [2.05, 4.69) is 15.5 Å². The van der Waals surface area contributed by atoms with E-state index in [1.165, 1.54) is 0 Å². The largest absolute Gasteiger partial charge is 0.497 e. The summed E-state index contributed by atoms with van der Waals surface area (Å²) in [5.41, 5.74) is 0.584. The third-order valence-electron chi connectivity index (χ3n) is 5.78. The van der Waals surface area contributed by atoms with Crippen molar-refractivity contribution in [3.05, 3.63) is 60.2 Å². The van der Waals surface area contributed by atoms with Gasteiger partial charge in [-0.2, -0.15) is 0 Å². The number of hydrogen-bond donors (Lipinski definition) is 2. The smallest absolute Gasteiger partial charge is 0.325 e. The molecule has 8 heteroatoms. The molecule has 1 heterocycles. The Morgan fingerprint density at radius 3 is 2.44 bits per heavy atom. The minimum Gasteiger partial charge on any atom is -0.497 e. The zero-order valence-corrected chi connectivity index (χ0v) is 18.8. The number of para-hydroxylation sites is 1. The SMILES string of the molecule is CCC1(c2ccc(OC)cc2)NC(=O)N(CC(=O)NCCCN(C)c2ccccc2)C1=O. The number of methoxy groups -OCH3 is 1. The van der Waals surface area contributed by atoms with Gasteiger partial charge < -0.3 is 20.3 Å². The van der Waals surface area contributed by atoms with Gasteiger partial charge in [0, 0.05) is 25.8 Å². The molecule has 2 aromatic carbocycles. The van der Waals surface area contributed by atoms with Gasteiger partial charge in [-0.3, -0.25) is 14.5 Å². The number of hydrogen-bond acceptors (Lipinski definition) is 5. The van der Waals surface area contributed by atoms with Crippen molar-refractivity contribution in [1.82, 2.24) is 15.5 Å². The van der Waals surface area contributed by atoms with Crippen molar-refractivity contribution in [2.45, 2.75) is 25.3 Å². The summed E-state index contributed by atoms with van der Waals surface area (Å²) >= 11 is 0. The summed E-state index contributed by atoms with van der Waals surface area (Å²) < 4.78 is 5.17. The van der Waals surface area contributed by atoms with Crippen LogP contribution in [-0.4, -0.2) is 56.5 Å². The Hall–Kier alpha value is -3.55. The summed E-state index contributed by atoms with van der Waals surface area (Å²) in [4.78, 5) is 41.2. The predicted octanol–water partition coefficient (Wildman–Crippen LogP) is 2.50. The summed E-state index contributed by atoms with van der Waals surface area (Å²) in [7, 11) is 3.56. The zero-order valence-electron chi connectivity index (χ0n) is 18.8. The summed E-state index contributed by atoms with van der Waals surface area (Å²) in [6, 6.07) is 16.4. The third kappa shape index (κ3) is 4.85. The van der Waals surface area contributed by atoms with Crippen molar-refractivity contribution >= 4 is 23.5 Å². The van der Waals surface area contributed by atoms with E-state index in [-0.39, 0.29) is 12.5 Å². The molecule has 1 aliphatic rings. The standard InChI is InChI=1S/C24H30N4O4/c1-4-24(18-11-13-20(32-3)14-12-18)22(30)28(23(31)26-24)17-21(29)25-15-8-16-27(2)19-9-6-5-7-10-19/h5-7,9-14H,4,8,15-17H2,1-3H3,(H,25,29)(H,26,31). The van der Waals surface area contributed by atoms with Crippen LogP contribution in [0.4, 0.5) is 10.5 Å². The number of ether oxygens (including phenoxy) is 1. The highest BCUT2D eigenvalue weighted by atomic mass is 16.5. The van der Waals surface area contributed by atoms with Crippen LogP contribution in [0.15, 0.2) is 54.6 Å². The fourth-order valence-electron chi connectivity index (χ4n) is 3.84. The number of imide groups is 1. The molecule has 0 aliphatic carbocycles. The lowest BCUT2D eigenvalue weighted by molar-refractivity contribution is -0.135. The molecule has 4 amide bonds. The fourth-order valence-corrected chi connectivity index (χ4v) is 3.84. The number of nitrogens with one attached hydrogen (secondary N) is 2. The van der Waals surface area contributed by atoms with Gasteiger partial charge in [0.1, 0.15) is 17.8 Å². The first-order valence-corrected chi connectivity index (χ1v) is 10.7. The lowest BCUT2D eigenvalue weighted by Gasteiger charge is -2.26. The second-order valence-corrected chi connectivity index (χ2v) is 7.77. The molecule has 2 N–H and O–H groups in total. The summed E-state index contributed by atoms with van der Waals surface area (Å²) in [5.74, 6) is -0.127. The average molecular weight is 439 g/mol. The van der Waals surface area contributed by atoms with Crippen LogP contribution in [0.25, 0.3) is 0 Å². The Balaban J connectivity index is 1.54. The number of carbonyl (C=O) groups is 3. The average Bonchev–Trinajstić information content (AvgIpc) is 3.07. The van der Waals surface area contributed by atoms with Crippen LogP contribution >= 0.6 is 0 Å². The Morgan fingerprint density at radius 2 is 1.81 bits per heavy atom. The van der Waals surface area contributed by atoms with E-state index in [1.54, 1.807) is 31.4 Å². The number of nitrogens with zero attached hydrogens (tertiary/aromatic N) is 2. The van der Waals surface area contributed by atoms with Crippen molar-refractivity contribution < 1.29 is 19.1 Å². The number of urea groups is 1. The quantitative estimate of drug-likeness (QED) is 0.439. The molecule has 1 atom stereocenters. The Labute approximate surface area is 188 Å². The van der Waals surface area contributed by atoms with Crippen molar-refractivity contribution in [3.8, 4) is 5.75 Å². The molecule has 0 saturated carbocycles. The van der Waals surface area contributed by atoms with Crippen LogP contribution in [0.1, 0.15) is 25.3 Å². The highest BCUT2D eigenvalue weighted by molar-refractivity contribution is 6.09. The van der Waals surface area contributed by atoms with E-state index < -0.39 is 17.5 Å².